The van der Waals surface area contributed by atoms with Crippen molar-refractivity contribution >= 4 is 23.0 Å². The van der Waals surface area contributed by atoms with Crippen molar-refractivity contribution in [1.29, 1.82) is 0 Å². The number of carbonyl (C=O) groups is 1. The molecule has 156 valence electrons. The van der Waals surface area contributed by atoms with Gasteiger partial charge in [-0.15, -0.1) is 0 Å². The molecular weight excluding hydrogens is 378 g/mol. The lowest BCUT2D eigenvalue weighted by Crippen LogP contribution is -2.29. The fourth-order valence-corrected chi connectivity index (χ4v) is 3.63. The third kappa shape index (κ3) is 6.04. The number of ether oxygens (including phenoxy) is 1. The minimum Gasteiger partial charge on any atom is -0.435 e. The van der Waals surface area contributed by atoms with Crippen LogP contribution in [0.5, 0.6) is 5.75 Å². The van der Waals surface area contributed by atoms with Crippen molar-refractivity contribution < 1.29 is 18.3 Å². The van der Waals surface area contributed by atoms with E-state index >= 15 is 0 Å². The van der Waals surface area contributed by atoms with Crippen LogP contribution in [0.4, 0.5) is 25.8 Å². The van der Waals surface area contributed by atoms with E-state index in [1.165, 1.54) is 6.07 Å². The standard InChI is InChI=1S/C21H26F2N4O2/c1-24-18-7-6-17(29-21(22)23)12-19(18)26-13-14-2-4-15(5-3-14)20(28)27-16-8-10-25-11-9-16/h6-12,14-15,21,24,26H,2-5,13H2,1H3,(H,25,27,28). The number of anilines is 3. The van der Waals surface area contributed by atoms with Crippen molar-refractivity contribution in [2.24, 2.45) is 11.8 Å². The van der Waals surface area contributed by atoms with Crippen LogP contribution >= 0.6 is 0 Å². The summed E-state index contributed by atoms with van der Waals surface area (Å²) < 4.78 is 29.4. The van der Waals surface area contributed by atoms with E-state index in [9.17, 15) is 13.6 Å². The van der Waals surface area contributed by atoms with Gasteiger partial charge in [0.15, 0.2) is 0 Å². The van der Waals surface area contributed by atoms with Crippen molar-refractivity contribution in [3.05, 3.63) is 42.7 Å². The van der Waals surface area contributed by atoms with Gasteiger partial charge < -0.3 is 20.7 Å². The summed E-state index contributed by atoms with van der Waals surface area (Å²) in [7, 11) is 1.78. The van der Waals surface area contributed by atoms with E-state index in [4.69, 9.17) is 0 Å². The van der Waals surface area contributed by atoms with E-state index in [-0.39, 0.29) is 17.6 Å². The predicted octanol–water partition coefficient (Wildman–Crippen LogP) is 4.58. The van der Waals surface area contributed by atoms with Gasteiger partial charge in [0, 0.05) is 43.7 Å². The summed E-state index contributed by atoms with van der Waals surface area (Å²) in [5, 5.41) is 9.33. The number of nitrogens with zero attached hydrogens (tertiary/aromatic N) is 1. The van der Waals surface area contributed by atoms with Gasteiger partial charge in [-0.3, -0.25) is 9.78 Å². The molecule has 1 aliphatic carbocycles. The van der Waals surface area contributed by atoms with Crippen LogP contribution in [-0.4, -0.2) is 31.1 Å². The van der Waals surface area contributed by atoms with Gasteiger partial charge in [0.2, 0.25) is 5.91 Å². The zero-order valence-electron chi connectivity index (χ0n) is 16.3. The van der Waals surface area contributed by atoms with Gasteiger partial charge in [0.05, 0.1) is 11.4 Å². The highest BCUT2D eigenvalue weighted by Gasteiger charge is 2.26. The molecule has 1 aliphatic rings. The van der Waals surface area contributed by atoms with E-state index < -0.39 is 6.61 Å². The quantitative estimate of drug-likeness (QED) is 0.600. The van der Waals surface area contributed by atoms with Crippen LogP contribution in [-0.2, 0) is 4.79 Å². The summed E-state index contributed by atoms with van der Waals surface area (Å²) >= 11 is 0. The molecule has 29 heavy (non-hydrogen) atoms. The summed E-state index contributed by atoms with van der Waals surface area (Å²) in [6, 6.07) is 8.35. The maximum atomic E-state index is 12.5. The zero-order chi connectivity index (χ0) is 20.6. The number of aromatic nitrogens is 1. The maximum absolute atomic E-state index is 12.5. The Morgan fingerprint density at radius 3 is 2.52 bits per heavy atom. The lowest BCUT2D eigenvalue weighted by Gasteiger charge is -2.28. The van der Waals surface area contributed by atoms with Crippen molar-refractivity contribution in [2.75, 3.05) is 29.5 Å². The molecule has 0 atom stereocenters. The third-order valence-corrected chi connectivity index (χ3v) is 5.23. The molecule has 0 radical (unpaired) electrons. The zero-order valence-corrected chi connectivity index (χ0v) is 16.3. The summed E-state index contributed by atoms with van der Waals surface area (Å²) in [5.41, 5.74) is 2.31. The molecule has 0 spiro atoms. The second-order valence-electron chi connectivity index (χ2n) is 7.16. The van der Waals surface area contributed by atoms with Gasteiger partial charge in [-0.1, -0.05) is 0 Å². The molecule has 1 aromatic carbocycles. The van der Waals surface area contributed by atoms with Crippen LogP contribution in [0.3, 0.4) is 0 Å². The molecule has 1 amide bonds. The molecule has 0 aliphatic heterocycles. The number of hydrogen-bond donors (Lipinski definition) is 3. The Morgan fingerprint density at radius 1 is 1.14 bits per heavy atom. The van der Waals surface area contributed by atoms with Crippen molar-refractivity contribution in [2.45, 2.75) is 32.3 Å². The Labute approximate surface area is 169 Å². The molecule has 1 aromatic heterocycles. The fourth-order valence-electron chi connectivity index (χ4n) is 3.63. The minimum absolute atomic E-state index is 0.00931. The van der Waals surface area contributed by atoms with Crippen molar-refractivity contribution in [3.8, 4) is 5.75 Å². The molecular formula is C21H26F2N4O2. The first-order chi connectivity index (χ1) is 14.0. The molecule has 1 heterocycles. The number of halogens is 2. The van der Waals surface area contributed by atoms with E-state index in [2.05, 4.69) is 25.7 Å². The molecule has 1 saturated carbocycles. The minimum atomic E-state index is -2.85. The van der Waals surface area contributed by atoms with Crippen molar-refractivity contribution in [1.82, 2.24) is 4.98 Å². The van der Waals surface area contributed by atoms with Crippen LogP contribution < -0.4 is 20.7 Å². The highest BCUT2D eigenvalue weighted by atomic mass is 19.3. The largest absolute Gasteiger partial charge is 0.435 e. The topological polar surface area (TPSA) is 75.3 Å². The Hall–Kier alpha value is -2.90. The monoisotopic (exact) mass is 404 g/mol. The van der Waals surface area contributed by atoms with Crippen LogP contribution in [0.2, 0.25) is 0 Å². The molecule has 6 nitrogen and oxygen atoms in total. The van der Waals surface area contributed by atoms with Gasteiger partial charge in [0.1, 0.15) is 5.75 Å². The fraction of sp³-hybridized carbons (Fsp3) is 0.429. The number of amides is 1. The molecule has 0 bridgehead atoms. The first kappa shape index (κ1) is 20.8. The second kappa shape index (κ2) is 10.0. The molecule has 2 aromatic rings. The second-order valence-corrected chi connectivity index (χ2v) is 7.16. The molecule has 3 N–H and O–H groups in total. The van der Waals surface area contributed by atoms with Gasteiger partial charge in [-0.05, 0) is 55.9 Å². The van der Waals surface area contributed by atoms with Crippen LogP contribution in [0, 0.1) is 11.8 Å². The predicted molar refractivity (Wildman–Crippen MR) is 109 cm³/mol. The van der Waals surface area contributed by atoms with Gasteiger partial charge in [0.25, 0.3) is 0 Å². The maximum Gasteiger partial charge on any atom is 0.387 e. The molecule has 1 fully saturated rings. The first-order valence-electron chi connectivity index (χ1n) is 9.76. The highest BCUT2D eigenvalue weighted by Crippen LogP contribution is 2.32. The molecule has 0 saturated heterocycles. The Balaban J connectivity index is 1.49. The molecule has 3 rings (SSSR count). The lowest BCUT2D eigenvalue weighted by molar-refractivity contribution is -0.121. The summed E-state index contributed by atoms with van der Waals surface area (Å²) in [6.07, 6.45) is 6.83. The summed E-state index contributed by atoms with van der Waals surface area (Å²) in [5.74, 6) is 0.606. The summed E-state index contributed by atoms with van der Waals surface area (Å²) in [4.78, 5) is 16.4. The Bertz CT molecular complexity index is 797. The SMILES string of the molecule is CNc1ccc(OC(F)F)cc1NCC1CCC(C(=O)Nc2ccncc2)CC1. The average molecular weight is 404 g/mol. The van der Waals surface area contributed by atoms with E-state index in [0.29, 0.717) is 12.5 Å². The van der Waals surface area contributed by atoms with Crippen molar-refractivity contribution in [3.63, 3.8) is 0 Å². The molecule has 0 unspecified atom stereocenters. The average Bonchev–Trinajstić information content (AvgIpc) is 2.73. The number of benzene rings is 1. The normalized spacial score (nSPS) is 18.9. The molecule has 8 heteroatoms. The van der Waals surface area contributed by atoms with Crippen LogP contribution in [0.15, 0.2) is 42.7 Å². The van der Waals surface area contributed by atoms with Crippen LogP contribution in [0.1, 0.15) is 25.7 Å². The van der Waals surface area contributed by atoms with Crippen LogP contribution in [0.25, 0.3) is 0 Å². The summed E-state index contributed by atoms with van der Waals surface area (Å²) in [6.45, 7) is -2.14. The van der Waals surface area contributed by atoms with Gasteiger partial charge in [-0.25, -0.2) is 0 Å². The van der Waals surface area contributed by atoms with E-state index in [0.717, 1.165) is 42.7 Å². The van der Waals surface area contributed by atoms with E-state index in [1.807, 2.05) is 0 Å². The Kier molecular flexibility index (Phi) is 7.21. The number of pyridine rings is 1. The first-order valence-corrected chi connectivity index (χ1v) is 9.76. The third-order valence-electron chi connectivity index (χ3n) is 5.23. The lowest BCUT2D eigenvalue weighted by atomic mass is 9.81. The number of hydrogen-bond acceptors (Lipinski definition) is 5. The highest BCUT2D eigenvalue weighted by molar-refractivity contribution is 5.92. The Morgan fingerprint density at radius 2 is 1.86 bits per heavy atom. The van der Waals surface area contributed by atoms with Gasteiger partial charge in [-0.2, -0.15) is 8.78 Å². The smallest absolute Gasteiger partial charge is 0.387 e. The van der Waals surface area contributed by atoms with Gasteiger partial charge >= 0.3 is 6.61 Å². The number of carbonyl (C=O) groups excluding carboxylic acids is 1. The number of alkyl halides is 2. The van der Waals surface area contributed by atoms with E-state index in [1.54, 1.807) is 43.7 Å². The number of nitrogens with one attached hydrogen (secondary N) is 3. The number of rotatable bonds is 8.